The number of nitrogens with zero attached hydrogens (tertiary/aromatic N) is 1. The molecule has 1 rings (SSSR count). The fraction of sp³-hybridized carbons (Fsp3) is 1.00. The van der Waals surface area contributed by atoms with Crippen molar-refractivity contribution in [3.63, 3.8) is 0 Å². The molecular weight excluding hydrogens is 206 g/mol. The van der Waals surface area contributed by atoms with E-state index in [-0.39, 0.29) is 6.10 Å². The summed E-state index contributed by atoms with van der Waals surface area (Å²) in [4.78, 5) is 2.26. The molecule has 4 heteroatoms. The molecular formula is C12H25NO3. The number of β-amino-alcohol motifs (C(OH)–C–C–N with tert-alkyl or cyclic N) is 1. The van der Waals surface area contributed by atoms with E-state index in [1.54, 1.807) is 7.11 Å². The van der Waals surface area contributed by atoms with Gasteiger partial charge in [-0.2, -0.15) is 0 Å². The van der Waals surface area contributed by atoms with E-state index in [4.69, 9.17) is 9.47 Å². The van der Waals surface area contributed by atoms with E-state index < -0.39 is 0 Å². The lowest BCUT2D eigenvalue weighted by molar-refractivity contribution is -0.0311. The van der Waals surface area contributed by atoms with Crippen molar-refractivity contribution >= 4 is 0 Å². The van der Waals surface area contributed by atoms with Crippen LogP contribution in [0, 0.1) is 5.92 Å². The van der Waals surface area contributed by atoms with Crippen LogP contribution in [0.25, 0.3) is 0 Å². The number of rotatable bonds is 6. The average molecular weight is 231 g/mol. The van der Waals surface area contributed by atoms with Gasteiger partial charge in [0, 0.05) is 26.8 Å². The van der Waals surface area contributed by atoms with Crippen molar-refractivity contribution in [3.8, 4) is 0 Å². The molecule has 1 aliphatic heterocycles. The van der Waals surface area contributed by atoms with Gasteiger partial charge in [0.15, 0.2) is 0 Å². The summed E-state index contributed by atoms with van der Waals surface area (Å²) in [7, 11) is 1.77. The monoisotopic (exact) mass is 231 g/mol. The van der Waals surface area contributed by atoms with Crippen LogP contribution in [0.2, 0.25) is 0 Å². The second-order valence-electron chi connectivity index (χ2n) is 4.61. The summed E-state index contributed by atoms with van der Waals surface area (Å²) in [6.45, 7) is 7.91. The standard InChI is InChI=1S/C12H25NO3/c1-4-16-9-11(14)7-13-6-5-10(2)12(8-13)15-3/h10-12,14H,4-9H2,1-3H3. The van der Waals surface area contributed by atoms with E-state index in [9.17, 15) is 5.11 Å². The number of hydrogen-bond donors (Lipinski definition) is 1. The molecule has 0 amide bonds. The quantitative estimate of drug-likeness (QED) is 0.732. The van der Waals surface area contributed by atoms with E-state index in [1.807, 2.05) is 6.92 Å². The molecule has 0 radical (unpaired) electrons. The lowest BCUT2D eigenvalue weighted by Gasteiger charge is -2.37. The molecule has 0 bridgehead atoms. The van der Waals surface area contributed by atoms with Crippen molar-refractivity contribution in [1.82, 2.24) is 4.90 Å². The summed E-state index contributed by atoms with van der Waals surface area (Å²) in [6.07, 6.45) is 1.05. The van der Waals surface area contributed by atoms with Gasteiger partial charge in [-0.25, -0.2) is 0 Å². The summed E-state index contributed by atoms with van der Waals surface area (Å²) in [5, 5.41) is 9.75. The molecule has 1 fully saturated rings. The largest absolute Gasteiger partial charge is 0.389 e. The number of hydrogen-bond acceptors (Lipinski definition) is 4. The van der Waals surface area contributed by atoms with Crippen LogP contribution in [0.3, 0.4) is 0 Å². The highest BCUT2D eigenvalue weighted by atomic mass is 16.5. The first kappa shape index (κ1) is 13.9. The molecule has 1 N–H and O–H groups in total. The van der Waals surface area contributed by atoms with Gasteiger partial charge >= 0.3 is 0 Å². The molecule has 96 valence electrons. The van der Waals surface area contributed by atoms with E-state index in [2.05, 4.69) is 11.8 Å². The van der Waals surface area contributed by atoms with Crippen molar-refractivity contribution in [3.05, 3.63) is 0 Å². The number of methoxy groups -OCH3 is 1. The molecule has 0 saturated carbocycles. The lowest BCUT2D eigenvalue weighted by Crippen LogP contribution is -2.47. The zero-order chi connectivity index (χ0) is 12.0. The average Bonchev–Trinajstić information content (AvgIpc) is 2.29. The summed E-state index contributed by atoms with van der Waals surface area (Å²) in [5.41, 5.74) is 0. The predicted molar refractivity (Wildman–Crippen MR) is 63.5 cm³/mol. The first-order chi connectivity index (χ1) is 7.67. The third kappa shape index (κ3) is 4.37. The second-order valence-corrected chi connectivity index (χ2v) is 4.61. The highest BCUT2D eigenvalue weighted by molar-refractivity contribution is 4.79. The molecule has 4 nitrogen and oxygen atoms in total. The minimum Gasteiger partial charge on any atom is -0.389 e. The van der Waals surface area contributed by atoms with Crippen molar-refractivity contribution in [2.45, 2.75) is 32.5 Å². The van der Waals surface area contributed by atoms with Gasteiger partial charge in [0.2, 0.25) is 0 Å². The smallest absolute Gasteiger partial charge is 0.0900 e. The van der Waals surface area contributed by atoms with Gasteiger partial charge in [0.05, 0.1) is 18.8 Å². The van der Waals surface area contributed by atoms with Gasteiger partial charge in [-0.15, -0.1) is 0 Å². The van der Waals surface area contributed by atoms with Crippen LogP contribution in [-0.4, -0.2) is 62.2 Å². The Kier molecular flexibility index (Phi) is 6.28. The Morgan fingerprint density at radius 3 is 2.88 bits per heavy atom. The van der Waals surface area contributed by atoms with Gasteiger partial charge in [-0.3, -0.25) is 4.90 Å². The first-order valence-electron chi connectivity index (χ1n) is 6.18. The van der Waals surface area contributed by atoms with Crippen LogP contribution in [0.15, 0.2) is 0 Å². The van der Waals surface area contributed by atoms with E-state index in [0.29, 0.717) is 31.8 Å². The maximum Gasteiger partial charge on any atom is 0.0900 e. The Morgan fingerprint density at radius 2 is 2.25 bits per heavy atom. The molecule has 3 atom stereocenters. The van der Waals surface area contributed by atoms with Gasteiger partial charge in [0.1, 0.15) is 0 Å². The highest BCUT2D eigenvalue weighted by Crippen LogP contribution is 2.19. The lowest BCUT2D eigenvalue weighted by atomic mass is 9.95. The number of ether oxygens (including phenoxy) is 2. The van der Waals surface area contributed by atoms with E-state index >= 15 is 0 Å². The van der Waals surface area contributed by atoms with Crippen LogP contribution >= 0.6 is 0 Å². The molecule has 0 spiro atoms. The third-order valence-electron chi connectivity index (χ3n) is 3.26. The number of piperidine rings is 1. The Morgan fingerprint density at radius 1 is 1.50 bits per heavy atom. The van der Waals surface area contributed by atoms with Crippen LogP contribution < -0.4 is 0 Å². The number of likely N-dealkylation sites (tertiary alicyclic amines) is 1. The van der Waals surface area contributed by atoms with Crippen LogP contribution in [0.5, 0.6) is 0 Å². The van der Waals surface area contributed by atoms with Crippen molar-refractivity contribution in [1.29, 1.82) is 0 Å². The van der Waals surface area contributed by atoms with Gasteiger partial charge in [-0.05, 0) is 25.8 Å². The highest BCUT2D eigenvalue weighted by Gasteiger charge is 2.26. The van der Waals surface area contributed by atoms with E-state index in [0.717, 1.165) is 19.5 Å². The van der Waals surface area contributed by atoms with Crippen LogP contribution in [0.4, 0.5) is 0 Å². The zero-order valence-corrected chi connectivity index (χ0v) is 10.7. The summed E-state index contributed by atoms with van der Waals surface area (Å²) in [6, 6.07) is 0. The Labute approximate surface area is 98.5 Å². The van der Waals surface area contributed by atoms with Crippen molar-refractivity contribution in [2.24, 2.45) is 5.92 Å². The number of aliphatic hydroxyl groups is 1. The fourth-order valence-electron chi connectivity index (χ4n) is 2.18. The summed E-state index contributed by atoms with van der Waals surface area (Å²) < 4.78 is 10.6. The molecule has 0 aliphatic carbocycles. The molecule has 16 heavy (non-hydrogen) atoms. The van der Waals surface area contributed by atoms with Gasteiger partial charge in [-0.1, -0.05) is 6.92 Å². The molecule has 3 unspecified atom stereocenters. The normalized spacial score (nSPS) is 29.2. The van der Waals surface area contributed by atoms with E-state index in [1.165, 1.54) is 0 Å². The topological polar surface area (TPSA) is 41.9 Å². The molecule has 1 heterocycles. The maximum absolute atomic E-state index is 9.75. The first-order valence-corrected chi connectivity index (χ1v) is 6.18. The maximum atomic E-state index is 9.75. The summed E-state index contributed by atoms with van der Waals surface area (Å²) >= 11 is 0. The van der Waals surface area contributed by atoms with Crippen molar-refractivity contribution < 1.29 is 14.6 Å². The molecule has 0 aromatic rings. The minimum absolute atomic E-state index is 0.299. The van der Waals surface area contributed by atoms with Gasteiger partial charge < -0.3 is 14.6 Å². The Hall–Kier alpha value is -0.160. The minimum atomic E-state index is -0.383. The Bertz CT molecular complexity index is 189. The molecule has 0 aromatic carbocycles. The SMILES string of the molecule is CCOCC(O)CN1CCC(C)C(OC)C1. The predicted octanol–water partition coefficient (Wildman–Crippen LogP) is 0.741. The fourth-order valence-corrected chi connectivity index (χ4v) is 2.18. The van der Waals surface area contributed by atoms with Crippen LogP contribution in [0.1, 0.15) is 20.3 Å². The van der Waals surface area contributed by atoms with Crippen LogP contribution in [-0.2, 0) is 9.47 Å². The summed E-state index contributed by atoms with van der Waals surface area (Å²) in [5.74, 6) is 0.616. The van der Waals surface area contributed by atoms with Crippen molar-refractivity contribution in [2.75, 3.05) is 40.0 Å². The molecule has 1 saturated heterocycles. The molecule has 1 aliphatic rings. The second kappa shape index (κ2) is 7.22. The molecule has 0 aromatic heterocycles. The third-order valence-corrected chi connectivity index (χ3v) is 3.26. The Balaban J connectivity index is 2.27. The number of aliphatic hydroxyl groups excluding tert-OH is 1. The van der Waals surface area contributed by atoms with Gasteiger partial charge in [0.25, 0.3) is 0 Å². The zero-order valence-electron chi connectivity index (χ0n) is 10.7.